The molecule has 0 spiro atoms. The van der Waals surface area contributed by atoms with Crippen molar-refractivity contribution in [3.63, 3.8) is 0 Å². The van der Waals surface area contributed by atoms with Gasteiger partial charge in [0, 0.05) is 31.8 Å². The van der Waals surface area contributed by atoms with Crippen LogP contribution in [0.3, 0.4) is 0 Å². The van der Waals surface area contributed by atoms with Crippen LogP contribution in [0.5, 0.6) is 5.75 Å². The third-order valence-corrected chi connectivity index (χ3v) is 6.03. The summed E-state index contributed by atoms with van der Waals surface area (Å²) in [4.78, 5) is 29.4. The largest absolute Gasteiger partial charge is 0.501 e. The fourth-order valence-electron chi connectivity index (χ4n) is 4.33. The van der Waals surface area contributed by atoms with Crippen molar-refractivity contribution in [3.8, 4) is 11.8 Å². The number of hydrogen-bond donors (Lipinski definition) is 2. The zero-order valence-electron chi connectivity index (χ0n) is 20.5. The summed E-state index contributed by atoms with van der Waals surface area (Å²) in [5.74, 6) is -8.82. The fourth-order valence-corrected chi connectivity index (χ4v) is 4.33. The lowest BCUT2D eigenvalue weighted by Gasteiger charge is -2.31. The molecule has 3 heterocycles. The molecule has 0 radical (unpaired) electrons. The van der Waals surface area contributed by atoms with Gasteiger partial charge in [0.15, 0.2) is 5.69 Å². The molecule has 0 aliphatic rings. The molecule has 0 fully saturated rings. The number of aromatic hydroxyl groups is 1. The van der Waals surface area contributed by atoms with Gasteiger partial charge in [-0.25, -0.2) is 9.37 Å². The summed E-state index contributed by atoms with van der Waals surface area (Å²) in [7, 11) is 2.41. The number of carbonyl (C=O) groups excluding carboxylic acids is 1. The quantitative estimate of drug-likeness (QED) is 0.350. The lowest BCUT2D eigenvalue weighted by atomic mass is 9.78. The van der Waals surface area contributed by atoms with Gasteiger partial charge >= 0.3 is 6.18 Å². The summed E-state index contributed by atoms with van der Waals surface area (Å²) in [6.45, 7) is 1.43. The SMILES string of the molecule is Cc1nn(C)cc1[C@H](c1cc(F)ccc1C#N)[C@H](c1nc(C(=O)Nc2cnoc2)c(O)c(=O)n1C)C(F)(F)F. The van der Waals surface area contributed by atoms with E-state index in [0.717, 1.165) is 37.7 Å². The van der Waals surface area contributed by atoms with Gasteiger partial charge in [-0.05, 0) is 30.7 Å². The first kappa shape index (κ1) is 27.0. The summed E-state index contributed by atoms with van der Waals surface area (Å²) in [5.41, 5.74) is -2.84. The smallest absolute Gasteiger partial charge is 0.399 e. The molecule has 3 aromatic heterocycles. The van der Waals surface area contributed by atoms with Crippen LogP contribution in [0, 0.1) is 24.1 Å². The van der Waals surface area contributed by atoms with Crippen molar-refractivity contribution in [2.45, 2.75) is 24.9 Å². The number of carbonyl (C=O) groups is 1. The lowest BCUT2D eigenvalue weighted by Crippen LogP contribution is -2.36. The molecule has 0 bridgehead atoms. The number of aryl methyl sites for hydroxylation is 2. The van der Waals surface area contributed by atoms with Crippen LogP contribution in [-0.2, 0) is 14.1 Å². The van der Waals surface area contributed by atoms with Crippen molar-refractivity contribution in [1.82, 2.24) is 24.5 Å². The van der Waals surface area contributed by atoms with Crippen molar-refractivity contribution < 1.29 is 32.0 Å². The van der Waals surface area contributed by atoms with E-state index in [0.29, 0.717) is 4.57 Å². The number of amides is 1. The number of nitrogens with zero attached hydrogens (tertiary/aromatic N) is 6. The molecule has 0 aliphatic carbocycles. The molecule has 39 heavy (non-hydrogen) atoms. The van der Waals surface area contributed by atoms with E-state index in [2.05, 4.69) is 25.1 Å². The minimum absolute atomic E-state index is 0.0157. The Morgan fingerprint density at radius 2 is 1.97 bits per heavy atom. The van der Waals surface area contributed by atoms with Crippen LogP contribution in [-0.4, -0.2) is 41.7 Å². The van der Waals surface area contributed by atoms with Crippen LogP contribution < -0.4 is 10.9 Å². The second-order valence-electron chi connectivity index (χ2n) is 8.58. The molecule has 4 rings (SSSR count). The second-order valence-corrected chi connectivity index (χ2v) is 8.58. The third-order valence-electron chi connectivity index (χ3n) is 6.03. The van der Waals surface area contributed by atoms with Crippen molar-refractivity contribution in [2.75, 3.05) is 5.32 Å². The van der Waals surface area contributed by atoms with Gasteiger partial charge in [-0.1, -0.05) is 5.16 Å². The normalized spacial score (nSPS) is 13.1. The summed E-state index contributed by atoms with van der Waals surface area (Å²) in [6, 6.07) is 4.55. The van der Waals surface area contributed by atoms with Crippen molar-refractivity contribution >= 4 is 11.6 Å². The van der Waals surface area contributed by atoms with Crippen LogP contribution in [0.25, 0.3) is 0 Å². The Morgan fingerprint density at radius 1 is 1.26 bits per heavy atom. The Labute approximate surface area is 216 Å². The van der Waals surface area contributed by atoms with Crippen LogP contribution in [0.4, 0.5) is 23.2 Å². The number of anilines is 1. The number of nitriles is 1. The molecule has 0 unspecified atom stereocenters. The molecule has 0 aliphatic heterocycles. The summed E-state index contributed by atoms with van der Waals surface area (Å²) < 4.78 is 65.7. The van der Waals surface area contributed by atoms with E-state index >= 15 is 13.2 Å². The third kappa shape index (κ3) is 5.08. The first-order chi connectivity index (χ1) is 18.3. The van der Waals surface area contributed by atoms with Gasteiger partial charge in [0.05, 0.1) is 23.5 Å². The highest BCUT2D eigenvalue weighted by Crippen LogP contribution is 2.49. The van der Waals surface area contributed by atoms with Gasteiger partial charge in [0.1, 0.15) is 29.5 Å². The minimum Gasteiger partial charge on any atom is -0.501 e. The predicted molar refractivity (Wildman–Crippen MR) is 125 cm³/mol. The van der Waals surface area contributed by atoms with E-state index in [9.17, 15) is 24.3 Å². The zero-order valence-corrected chi connectivity index (χ0v) is 20.5. The Bertz CT molecular complexity index is 1650. The van der Waals surface area contributed by atoms with Gasteiger partial charge < -0.3 is 14.9 Å². The van der Waals surface area contributed by atoms with Crippen LogP contribution in [0.15, 0.2) is 46.2 Å². The highest BCUT2D eigenvalue weighted by Gasteiger charge is 2.51. The molecule has 0 saturated heterocycles. The van der Waals surface area contributed by atoms with Gasteiger partial charge in [-0.2, -0.15) is 23.5 Å². The Hall–Kier alpha value is -5.00. The predicted octanol–water partition coefficient (Wildman–Crippen LogP) is 3.26. The first-order valence-corrected chi connectivity index (χ1v) is 11.1. The van der Waals surface area contributed by atoms with E-state index in [1.54, 1.807) is 6.07 Å². The number of halogens is 4. The Kier molecular flexibility index (Phi) is 6.97. The molecule has 2 N–H and O–H groups in total. The maximum Gasteiger partial charge on any atom is 0.399 e. The summed E-state index contributed by atoms with van der Waals surface area (Å²) in [5, 5.41) is 29.7. The molecular weight excluding hydrogens is 526 g/mol. The molecular formula is C24H19F4N7O4. The number of nitrogens with one attached hydrogen (secondary N) is 1. The van der Waals surface area contributed by atoms with Crippen molar-refractivity contribution in [1.29, 1.82) is 5.26 Å². The minimum atomic E-state index is -5.16. The topological polar surface area (TPSA) is 152 Å². The maximum atomic E-state index is 15.0. The monoisotopic (exact) mass is 545 g/mol. The first-order valence-electron chi connectivity index (χ1n) is 11.1. The molecule has 202 valence electrons. The number of rotatable bonds is 6. The van der Waals surface area contributed by atoms with E-state index in [4.69, 9.17) is 0 Å². The van der Waals surface area contributed by atoms with Crippen LogP contribution in [0.2, 0.25) is 0 Å². The lowest BCUT2D eigenvalue weighted by molar-refractivity contribution is -0.156. The van der Waals surface area contributed by atoms with Gasteiger partial charge in [-0.15, -0.1) is 0 Å². The van der Waals surface area contributed by atoms with E-state index < -0.39 is 52.6 Å². The average Bonchev–Trinajstić information content (AvgIpc) is 3.49. The Balaban J connectivity index is 2.03. The van der Waals surface area contributed by atoms with Gasteiger partial charge in [-0.3, -0.25) is 18.8 Å². The number of hydrogen-bond acceptors (Lipinski definition) is 8. The molecule has 1 amide bonds. The highest BCUT2D eigenvalue weighted by atomic mass is 19.4. The maximum absolute atomic E-state index is 15.0. The summed E-state index contributed by atoms with van der Waals surface area (Å²) in [6.07, 6.45) is -1.81. The molecule has 15 heteroatoms. The van der Waals surface area contributed by atoms with Gasteiger partial charge in [0.2, 0.25) is 5.75 Å². The van der Waals surface area contributed by atoms with Crippen molar-refractivity contribution in [3.05, 3.63) is 86.9 Å². The second kappa shape index (κ2) is 10.0. The molecule has 0 saturated carbocycles. The Morgan fingerprint density at radius 3 is 2.54 bits per heavy atom. The molecule has 2 atom stereocenters. The fraction of sp³-hybridized carbons (Fsp3) is 0.250. The van der Waals surface area contributed by atoms with Crippen LogP contribution in [0.1, 0.15) is 50.5 Å². The van der Waals surface area contributed by atoms with E-state index in [-0.39, 0.29) is 28.1 Å². The summed E-state index contributed by atoms with van der Waals surface area (Å²) >= 11 is 0. The number of benzene rings is 1. The van der Waals surface area contributed by atoms with Crippen LogP contribution >= 0.6 is 0 Å². The highest BCUT2D eigenvalue weighted by molar-refractivity contribution is 6.04. The number of aromatic nitrogens is 5. The standard InChI is InChI=1S/C24H19F4N7O4/c1-11-16(9-34(2)33-11)17(15-6-13(25)5-4-12(15)7-29)18(24(26,27)28)21-32-19(20(36)23(38)35(21)3)22(37)31-14-8-30-39-10-14/h4-6,8-10,17-18,36H,1-3H3,(H,31,37)/t17-,18+/m0/s1. The molecule has 4 aromatic rings. The number of alkyl halides is 3. The van der Waals surface area contributed by atoms with Gasteiger partial charge in [0.25, 0.3) is 11.5 Å². The zero-order chi connectivity index (χ0) is 28.6. The molecule has 11 nitrogen and oxygen atoms in total. The average molecular weight is 545 g/mol. The molecule has 1 aromatic carbocycles. The van der Waals surface area contributed by atoms with E-state index in [1.807, 2.05) is 0 Å². The van der Waals surface area contributed by atoms with Crippen molar-refractivity contribution in [2.24, 2.45) is 14.1 Å². The van der Waals surface area contributed by atoms with E-state index in [1.165, 1.54) is 24.9 Å².